The average molecular weight is 577 g/mol. The molecule has 2 aromatic rings. The minimum Gasteiger partial charge on any atom is -0.493 e. The van der Waals surface area contributed by atoms with Gasteiger partial charge in [0.2, 0.25) is 5.91 Å². The number of likely N-dealkylation sites (tertiary alicyclic amines) is 1. The van der Waals surface area contributed by atoms with E-state index in [9.17, 15) is 18.8 Å². The zero-order chi connectivity index (χ0) is 25.7. The van der Waals surface area contributed by atoms with Crippen molar-refractivity contribution in [2.75, 3.05) is 26.7 Å². The van der Waals surface area contributed by atoms with Crippen molar-refractivity contribution in [3.05, 3.63) is 62.7 Å². The summed E-state index contributed by atoms with van der Waals surface area (Å²) in [7, 11) is 1.50. The van der Waals surface area contributed by atoms with Crippen molar-refractivity contribution >= 4 is 50.8 Å². The Labute approximate surface area is 221 Å². The molecule has 0 saturated carbocycles. The first-order valence-electron chi connectivity index (χ1n) is 11.6. The second-order valence-corrected chi connectivity index (χ2v) is 10.4. The molecule has 2 aliphatic heterocycles. The van der Waals surface area contributed by atoms with Crippen molar-refractivity contribution in [3.63, 3.8) is 0 Å². The lowest BCUT2D eigenvalue weighted by molar-refractivity contribution is -0.135. The third-order valence-electron chi connectivity index (χ3n) is 5.97. The van der Waals surface area contributed by atoms with Gasteiger partial charge in [0.25, 0.3) is 11.1 Å². The summed E-state index contributed by atoms with van der Waals surface area (Å²) >= 11 is 4.29. The van der Waals surface area contributed by atoms with Crippen molar-refractivity contribution in [1.82, 2.24) is 9.80 Å². The maximum Gasteiger partial charge on any atom is 0.294 e. The number of carbonyl (C=O) groups is 3. The Bertz CT molecular complexity index is 1180. The smallest absolute Gasteiger partial charge is 0.294 e. The van der Waals surface area contributed by atoms with E-state index >= 15 is 0 Å². The van der Waals surface area contributed by atoms with Gasteiger partial charge in [-0.25, -0.2) is 4.39 Å². The highest BCUT2D eigenvalue weighted by atomic mass is 79.9. The molecular weight excluding hydrogens is 551 g/mol. The van der Waals surface area contributed by atoms with Gasteiger partial charge >= 0.3 is 0 Å². The summed E-state index contributed by atoms with van der Waals surface area (Å²) in [4.78, 5) is 41.2. The van der Waals surface area contributed by atoms with E-state index in [1.54, 1.807) is 35.2 Å². The Kier molecular flexibility index (Phi) is 8.68. The van der Waals surface area contributed by atoms with E-state index in [0.717, 1.165) is 47.9 Å². The quantitative estimate of drug-likeness (QED) is 0.398. The predicted octanol–water partition coefficient (Wildman–Crippen LogP) is 5.61. The fourth-order valence-electron chi connectivity index (χ4n) is 4.04. The van der Waals surface area contributed by atoms with Gasteiger partial charge in [-0.05, 0) is 82.0 Å². The summed E-state index contributed by atoms with van der Waals surface area (Å²) in [6.07, 6.45) is 5.65. The first kappa shape index (κ1) is 26.2. The Morgan fingerprint density at radius 1 is 1.11 bits per heavy atom. The normalized spacial score (nSPS) is 17.5. The molecule has 0 atom stereocenters. The molecule has 2 aromatic carbocycles. The Morgan fingerprint density at radius 2 is 1.81 bits per heavy atom. The highest BCUT2D eigenvalue weighted by molar-refractivity contribution is 9.10. The molecule has 190 valence electrons. The fraction of sp³-hybridized carbons (Fsp3) is 0.346. The summed E-state index contributed by atoms with van der Waals surface area (Å²) in [5.74, 6) is -0.131. The van der Waals surface area contributed by atoms with Crippen molar-refractivity contribution in [2.24, 2.45) is 0 Å². The number of imide groups is 1. The Morgan fingerprint density at radius 3 is 2.47 bits per heavy atom. The SMILES string of the molecule is COc1cc(C=C2SC(=O)N(CC(=O)N3CCCCCC3)C2=O)cc(Br)c1OCc1ccc(F)cc1. The molecule has 0 unspecified atom stereocenters. The number of hydrogen-bond donors (Lipinski definition) is 0. The van der Waals surface area contributed by atoms with Gasteiger partial charge in [0.1, 0.15) is 19.0 Å². The van der Waals surface area contributed by atoms with E-state index < -0.39 is 11.1 Å². The van der Waals surface area contributed by atoms with Crippen LogP contribution in [0.15, 0.2) is 45.8 Å². The number of carbonyl (C=O) groups excluding carboxylic acids is 3. The molecule has 2 heterocycles. The van der Waals surface area contributed by atoms with Crippen LogP contribution in [0.3, 0.4) is 0 Å². The molecule has 10 heteroatoms. The van der Waals surface area contributed by atoms with Gasteiger partial charge in [-0.15, -0.1) is 0 Å². The van der Waals surface area contributed by atoms with Crippen LogP contribution in [-0.2, 0) is 16.2 Å². The lowest BCUT2D eigenvalue weighted by Crippen LogP contribution is -2.42. The second-order valence-electron chi connectivity index (χ2n) is 8.51. The molecule has 7 nitrogen and oxygen atoms in total. The van der Waals surface area contributed by atoms with E-state index in [-0.39, 0.29) is 29.8 Å². The zero-order valence-electron chi connectivity index (χ0n) is 19.8. The molecule has 0 spiro atoms. The molecule has 4 rings (SSSR count). The molecule has 3 amide bonds. The minimum atomic E-state index is -0.486. The molecule has 0 radical (unpaired) electrons. The zero-order valence-corrected chi connectivity index (χ0v) is 22.2. The van der Waals surface area contributed by atoms with Crippen LogP contribution in [-0.4, -0.2) is 53.6 Å². The third-order valence-corrected chi connectivity index (χ3v) is 7.47. The summed E-state index contributed by atoms with van der Waals surface area (Å²) in [5, 5.41) is -0.459. The number of nitrogens with zero attached hydrogens (tertiary/aromatic N) is 2. The first-order valence-corrected chi connectivity index (χ1v) is 13.2. The van der Waals surface area contributed by atoms with Gasteiger partial charge < -0.3 is 14.4 Å². The third kappa shape index (κ3) is 6.28. The van der Waals surface area contributed by atoms with E-state index in [2.05, 4.69) is 15.9 Å². The lowest BCUT2D eigenvalue weighted by Gasteiger charge is -2.22. The molecule has 0 aromatic heterocycles. The number of hydrogen-bond acceptors (Lipinski definition) is 6. The topological polar surface area (TPSA) is 76.2 Å². The molecule has 2 fully saturated rings. The Balaban J connectivity index is 1.47. The van der Waals surface area contributed by atoms with E-state index in [1.165, 1.54) is 19.2 Å². The molecule has 36 heavy (non-hydrogen) atoms. The van der Waals surface area contributed by atoms with Crippen LogP contribution >= 0.6 is 27.7 Å². The average Bonchev–Trinajstić information content (AvgIpc) is 3.05. The van der Waals surface area contributed by atoms with Crippen molar-refractivity contribution in [3.8, 4) is 11.5 Å². The van der Waals surface area contributed by atoms with E-state index in [4.69, 9.17) is 9.47 Å². The summed E-state index contributed by atoms with van der Waals surface area (Å²) < 4.78 is 25.1. The summed E-state index contributed by atoms with van der Waals surface area (Å²) in [5.41, 5.74) is 1.41. The van der Waals surface area contributed by atoms with Gasteiger partial charge in [0.05, 0.1) is 16.5 Å². The monoisotopic (exact) mass is 576 g/mol. The number of thioether (sulfide) groups is 1. The van der Waals surface area contributed by atoms with Crippen LogP contribution in [0.4, 0.5) is 9.18 Å². The number of amides is 3. The van der Waals surface area contributed by atoms with Crippen molar-refractivity contribution < 1.29 is 28.2 Å². The lowest BCUT2D eigenvalue weighted by atomic mass is 10.1. The number of ether oxygens (including phenoxy) is 2. The van der Waals surface area contributed by atoms with Crippen molar-refractivity contribution in [1.29, 1.82) is 0 Å². The van der Waals surface area contributed by atoms with Gasteiger partial charge in [0, 0.05) is 13.1 Å². The predicted molar refractivity (Wildman–Crippen MR) is 139 cm³/mol. The maximum atomic E-state index is 13.1. The number of benzene rings is 2. The number of rotatable bonds is 7. The Hall–Kier alpha value is -2.85. The molecule has 2 aliphatic rings. The standard InChI is InChI=1S/C26H26BrFN2O5S/c1-34-21-13-18(12-20(27)24(21)35-16-17-6-8-19(28)9-7-17)14-22-25(32)30(26(33)36-22)15-23(31)29-10-4-2-3-5-11-29/h6-9,12-14H,2-5,10-11,15-16H2,1H3. The molecule has 0 bridgehead atoms. The van der Waals surface area contributed by atoms with Gasteiger partial charge in [-0.1, -0.05) is 25.0 Å². The van der Waals surface area contributed by atoms with Crippen LogP contribution in [0.1, 0.15) is 36.8 Å². The highest BCUT2D eigenvalue weighted by Crippen LogP contribution is 2.39. The molecule has 2 saturated heterocycles. The van der Waals surface area contributed by atoms with E-state index in [0.29, 0.717) is 34.6 Å². The fourth-order valence-corrected chi connectivity index (χ4v) is 5.45. The largest absolute Gasteiger partial charge is 0.493 e. The van der Waals surface area contributed by atoms with E-state index in [1.807, 2.05) is 0 Å². The first-order chi connectivity index (χ1) is 17.4. The highest BCUT2D eigenvalue weighted by Gasteiger charge is 2.37. The second kappa shape index (κ2) is 11.9. The summed E-state index contributed by atoms with van der Waals surface area (Å²) in [6, 6.07) is 9.45. The van der Waals surface area contributed by atoms with Gasteiger partial charge in [-0.3, -0.25) is 19.3 Å². The van der Waals surface area contributed by atoms with Gasteiger partial charge in [0.15, 0.2) is 11.5 Å². The van der Waals surface area contributed by atoms with Crippen LogP contribution in [0.25, 0.3) is 6.08 Å². The number of methoxy groups -OCH3 is 1. The van der Waals surface area contributed by atoms with Gasteiger partial charge in [-0.2, -0.15) is 0 Å². The minimum absolute atomic E-state index is 0.201. The van der Waals surface area contributed by atoms with Crippen LogP contribution < -0.4 is 9.47 Å². The maximum absolute atomic E-state index is 13.1. The van der Waals surface area contributed by atoms with Crippen LogP contribution in [0, 0.1) is 5.82 Å². The summed E-state index contributed by atoms with van der Waals surface area (Å²) in [6.45, 7) is 1.28. The molecular formula is C26H26BrFN2O5S. The van der Waals surface area contributed by atoms with Crippen molar-refractivity contribution in [2.45, 2.75) is 32.3 Å². The van der Waals surface area contributed by atoms with Crippen LogP contribution in [0.2, 0.25) is 0 Å². The van der Waals surface area contributed by atoms with Crippen LogP contribution in [0.5, 0.6) is 11.5 Å². The molecule has 0 aliphatic carbocycles. The molecule has 0 N–H and O–H groups in total. The number of halogens is 2.